The van der Waals surface area contributed by atoms with Gasteiger partial charge in [0.2, 0.25) is 0 Å². The third-order valence-electron chi connectivity index (χ3n) is 2.96. The highest BCUT2D eigenvalue weighted by molar-refractivity contribution is 6.29. The Bertz CT molecular complexity index is 706. The molecular weight excluding hydrogens is 262 g/mol. The van der Waals surface area contributed by atoms with E-state index in [1.165, 1.54) is 0 Å². The lowest BCUT2D eigenvalue weighted by atomic mass is 10.2. The van der Waals surface area contributed by atoms with Gasteiger partial charge in [0, 0.05) is 0 Å². The molecule has 0 aliphatic carbocycles. The normalized spacial score (nSPS) is 10.8. The summed E-state index contributed by atoms with van der Waals surface area (Å²) in [5, 5.41) is 4.82. The summed E-state index contributed by atoms with van der Waals surface area (Å²) in [6.07, 6.45) is 1.73. The van der Waals surface area contributed by atoms with Crippen molar-refractivity contribution in [2.24, 2.45) is 0 Å². The van der Waals surface area contributed by atoms with Crippen molar-refractivity contribution in [1.29, 1.82) is 0 Å². The van der Waals surface area contributed by atoms with Gasteiger partial charge >= 0.3 is 0 Å². The van der Waals surface area contributed by atoms with Crippen LogP contribution in [-0.4, -0.2) is 21.9 Å². The molecule has 0 bridgehead atoms. The van der Waals surface area contributed by atoms with Crippen LogP contribution in [-0.2, 0) is 6.54 Å². The van der Waals surface area contributed by atoms with Crippen LogP contribution < -0.4 is 4.74 Å². The van der Waals surface area contributed by atoms with E-state index in [-0.39, 0.29) is 0 Å². The second kappa shape index (κ2) is 4.90. The highest BCUT2D eigenvalue weighted by Gasteiger charge is 2.05. The molecule has 0 amide bonds. The van der Waals surface area contributed by atoms with Crippen LogP contribution in [0, 0.1) is 0 Å². The topological polar surface area (TPSA) is 39.9 Å². The molecule has 0 aliphatic rings. The number of fused-ring (bicyclic) bond motifs is 1. The summed E-state index contributed by atoms with van der Waals surface area (Å²) in [6, 6.07) is 11.6. The molecule has 2 aromatic heterocycles. The molecule has 0 spiro atoms. The van der Waals surface area contributed by atoms with Gasteiger partial charge in [-0.2, -0.15) is 5.10 Å². The van der Waals surface area contributed by atoms with Gasteiger partial charge in [0.05, 0.1) is 25.4 Å². The fourth-order valence-corrected chi connectivity index (χ4v) is 2.13. The fourth-order valence-electron chi connectivity index (χ4n) is 1.97. The maximum Gasteiger partial charge on any atom is 0.129 e. The summed E-state index contributed by atoms with van der Waals surface area (Å²) >= 11 is 5.86. The summed E-state index contributed by atoms with van der Waals surface area (Å²) in [6.45, 7) is 0.691. The number of halogens is 1. The van der Waals surface area contributed by atoms with Gasteiger partial charge in [0.25, 0.3) is 0 Å². The van der Waals surface area contributed by atoms with Crippen LogP contribution in [0.3, 0.4) is 0 Å². The number of methoxy groups -OCH3 is 1. The molecule has 0 aliphatic heterocycles. The van der Waals surface area contributed by atoms with Crippen molar-refractivity contribution in [3.05, 3.63) is 53.3 Å². The summed E-state index contributed by atoms with van der Waals surface area (Å²) in [7, 11) is 1.66. The molecule has 3 rings (SSSR count). The number of nitrogens with zero attached hydrogens (tertiary/aromatic N) is 3. The third kappa shape index (κ3) is 2.39. The SMILES string of the molecule is COc1ccc(Cn2ncc3nc(Cl)ccc32)cc1. The van der Waals surface area contributed by atoms with E-state index in [1.807, 2.05) is 35.0 Å². The predicted molar refractivity (Wildman–Crippen MR) is 74.6 cm³/mol. The summed E-state index contributed by atoms with van der Waals surface area (Å²) in [5.74, 6) is 0.850. The molecule has 0 atom stereocenters. The van der Waals surface area contributed by atoms with Crippen LogP contribution in [0.5, 0.6) is 5.75 Å². The Kier molecular flexibility index (Phi) is 3.09. The molecule has 2 heterocycles. The number of ether oxygens (including phenoxy) is 1. The van der Waals surface area contributed by atoms with E-state index in [0.717, 1.165) is 22.3 Å². The van der Waals surface area contributed by atoms with Crippen molar-refractivity contribution in [2.75, 3.05) is 7.11 Å². The van der Waals surface area contributed by atoms with Gasteiger partial charge in [0.1, 0.15) is 16.4 Å². The Morgan fingerprint density at radius 3 is 2.68 bits per heavy atom. The smallest absolute Gasteiger partial charge is 0.129 e. The lowest BCUT2D eigenvalue weighted by Crippen LogP contribution is -2.01. The first-order valence-electron chi connectivity index (χ1n) is 5.87. The molecule has 1 aromatic carbocycles. The Morgan fingerprint density at radius 1 is 1.16 bits per heavy atom. The first-order valence-corrected chi connectivity index (χ1v) is 6.25. The van der Waals surface area contributed by atoms with Gasteiger partial charge in [-0.3, -0.25) is 4.68 Å². The first kappa shape index (κ1) is 12.0. The van der Waals surface area contributed by atoms with E-state index in [1.54, 1.807) is 19.4 Å². The van der Waals surface area contributed by atoms with Gasteiger partial charge in [-0.05, 0) is 29.8 Å². The molecule has 5 heteroatoms. The molecule has 0 unspecified atom stereocenters. The fraction of sp³-hybridized carbons (Fsp3) is 0.143. The van der Waals surface area contributed by atoms with Gasteiger partial charge in [-0.15, -0.1) is 0 Å². The number of pyridine rings is 1. The molecule has 0 saturated carbocycles. The average Bonchev–Trinajstić information content (AvgIpc) is 2.82. The minimum Gasteiger partial charge on any atom is -0.497 e. The van der Waals surface area contributed by atoms with E-state index >= 15 is 0 Å². The van der Waals surface area contributed by atoms with Crippen molar-refractivity contribution in [1.82, 2.24) is 14.8 Å². The average molecular weight is 274 g/mol. The van der Waals surface area contributed by atoms with Crippen molar-refractivity contribution >= 4 is 22.6 Å². The minimum atomic E-state index is 0.483. The standard InChI is InChI=1S/C14H12ClN3O/c1-19-11-4-2-10(3-5-11)9-18-13-6-7-14(15)17-12(13)8-16-18/h2-8H,9H2,1H3. The van der Waals surface area contributed by atoms with E-state index in [4.69, 9.17) is 16.3 Å². The monoisotopic (exact) mass is 273 g/mol. The molecule has 0 N–H and O–H groups in total. The van der Waals surface area contributed by atoms with Gasteiger partial charge in [-0.25, -0.2) is 4.98 Å². The van der Waals surface area contributed by atoms with E-state index in [9.17, 15) is 0 Å². The zero-order valence-corrected chi connectivity index (χ0v) is 11.1. The van der Waals surface area contributed by atoms with E-state index < -0.39 is 0 Å². The summed E-state index contributed by atoms with van der Waals surface area (Å²) < 4.78 is 7.04. The molecule has 4 nitrogen and oxygen atoms in total. The molecule has 0 radical (unpaired) electrons. The van der Waals surface area contributed by atoms with Crippen LogP contribution in [0.4, 0.5) is 0 Å². The quantitative estimate of drug-likeness (QED) is 0.688. The number of hydrogen-bond donors (Lipinski definition) is 0. The number of rotatable bonds is 3. The highest BCUT2D eigenvalue weighted by Crippen LogP contribution is 2.17. The lowest BCUT2D eigenvalue weighted by molar-refractivity contribution is 0.414. The van der Waals surface area contributed by atoms with Crippen LogP contribution >= 0.6 is 11.6 Å². The van der Waals surface area contributed by atoms with Gasteiger partial charge < -0.3 is 4.74 Å². The zero-order chi connectivity index (χ0) is 13.2. The number of benzene rings is 1. The number of hydrogen-bond acceptors (Lipinski definition) is 3. The Hall–Kier alpha value is -2.07. The lowest BCUT2D eigenvalue weighted by Gasteiger charge is -2.05. The van der Waals surface area contributed by atoms with Crippen molar-refractivity contribution < 1.29 is 4.74 Å². The van der Waals surface area contributed by atoms with Crippen molar-refractivity contribution in [2.45, 2.75) is 6.54 Å². The Labute approximate surface area is 115 Å². The summed E-state index contributed by atoms with van der Waals surface area (Å²) in [5.41, 5.74) is 2.93. The first-order chi connectivity index (χ1) is 9.26. The van der Waals surface area contributed by atoms with Gasteiger partial charge in [-0.1, -0.05) is 23.7 Å². The minimum absolute atomic E-state index is 0.483. The second-order valence-corrected chi connectivity index (χ2v) is 4.58. The van der Waals surface area contributed by atoms with Gasteiger partial charge in [0.15, 0.2) is 0 Å². The van der Waals surface area contributed by atoms with Crippen LogP contribution in [0.15, 0.2) is 42.6 Å². The highest BCUT2D eigenvalue weighted by atomic mass is 35.5. The van der Waals surface area contributed by atoms with Crippen LogP contribution in [0.25, 0.3) is 11.0 Å². The van der Waals surface area contributed by atoms with E-state index in [2.05, 4.69) is 10.1 Å². The Morgan fingerprint density at radius 2 is 1.95 bits per heavy atom. The predicted octanol–water partition coefficient (Wildman–Crippen LogP) is 3.14. The number of aromatic nitrogens is 3. The van der Waals surface area contributed by atoms with Crippen molar-refractivity contribution in [3.8, 4) is 5.75 Å². The summed E-state index contributed by atoms with van der Waals surface area (Å²) in [4.78, 5) is 4.23. The molecule has 3 aromatic rings. The Balaban J connectivity index is 1.92. The van der Waals surface area contributed by atoms with Crippen LogP contribution in [0.1, 0.15) is 5.56 Å². The molecule has 0 fully saturated rings. The largest absolute Gasteiger partial charge is 0.497 e. The molecule has 0 saturated heterocycles. The maximum absolute atomic E-state index is 5.86. The molecule has 19 heavy (non-hydrogen) atoms. The third-order valence-corrected chi connectivity index (χ3v) is 3.17. The molecule has 96 valence electrons. The van der Waals surface area contributed by atoms with Crippen LogP contribution in [0.2, 0.25) is 5.15 Å². The zero-order valence-electron chi connectivity index (χ0n) is 10.4. The maximum atomic E-state index is 5.86. The van der Waals surface area contributed by atoms with Crippen molar-refractivity contribution in [3.63, 3.8) is 0 Å². The van der Waals surface area contributed by atoms with E-state index in [0.29, 0.717) is 11.7 Å². The molecular formula is C14H12ClN3O. The second-order valence-electron chi connectivity index (χ2n) is 4.19.